The molecule has 3 N–H and O–H groups in total. The Balaban J connectivity index is 2.18. The van der Waals surface area contributed by atoms with Crippen LogP contribution in [0.3, 0.4) is 0 Å². The van der Waals surface area contributed by atoms with Crippen LogP contribution in [0.15, 0.2) is 24.8 Å². The van der Waals surface area contributed by atoms with Gasteiger partial charge in [-0.05, 0) is 12.8 Å². The van der Waals surface area contributed by atoms with Crippen LogP contribution < -0.4 is 11.3 Å². The fourth-order valence-electron chi connectivity index (χ4n) is 1.88. The van der Waals surface area contributed by atoms with Crippen molar-refractivity contribution in [3.63, 3.8) is 0 Å². The molecule has 1 atom stereocenters. The van der Waals surface area contributed by atoms with E-state index in [9.17, 15) is 0 Å². The molecule has 0 aliphatic heterocycles. The third-order valence-electron chi connectivity index (χ3n) is 2.77. The van der Waals surface area contributed by atoms with Gasteiger partial charge < -0.3 is 4.74 Å². The van der Waals surface area contributed by atoms with Crippen LogP contribution in [0.2, 0.25) is 0 Å². The van der Waals surface area contributed by atoms with Gasteiger partial charge >= 0.3 is 0 Å². The predicted octanol–water partition coefficient (Wildman–Crippen LogP) is 0.660. The zero-order valence-electron chi connectivity index (χ0n) is 9.84. The highest BCUT2D eigenvalue weighted by atomic mass is 16.5. The number of nitrogens with one attached hydrogen (secondary N) is 1. The number of aromatic nitrogens is 3. The topological polar surface area (TPSA) is 77.5 Å². The van der Waals surface area contributed by atoms with E-state index in [4.69, 9.17) is 10.6 Å². The van der Waals surface area contributed by atoms with Gasteiger partial charge in [0.2, 0.25) is 0 Å². The standard InChI is InChI=1S/C11H17N5O/c1-17-6-2-3-10(15-12)9-7-14-16-5-4-13-8-11(9)16/h4-5,7-8,10,15H,2-3,6,12H2,1H3. The van der Waals surface area contributed by atoms with Gasteiger partial charge in [-0.2, -0.15) is 5.10 Å². The number of nitrogens with two attached hydrogens (primary N) is 1. The Hall–Kier alpha value is -1.50. The molecule has 2 heterocycles. The molecular formula is C11H17N5O. The summed E-state index contributed by atoms with van der Waals surface area (Å²) in [6, 6.07) is 0.0758. The summed E-state index contributed by atoms with van der Waals surface area (Å²) < 4.78 is 6.83. The van der Waals surface area contributed by atoms with Crippen LogP contribution in [0.5, 0.6) is 0 Å². The lowest BCUT2D eigenvalue weighted by Crippen LogP contribution is -2.28. The summed E-state index contributed by atoms with van der Waals surface area (Å²) in [6.07, 6.45) is 9.00. The lowest BCUT2D eigenvalue weighted by molar-refractivity contribution is 0.189. The highest BCUT2D eigenvalue weighted by Crippen LogP contribution is 2.21. The van der Waals surface area contributed by atoms with Crippen LogP contribution in [0, 0.1) is 0 Å². The van der Waals surface area contributed by atoms with Crippen LogP contribution in [0.4, 0.5) is 0 Å². The SMILES string of the molecule is COCCCC(NN)c1cnn2ccncc12. The number of fused-ring (bicyclic) bond motifs is 1. The van der Waals surface area contributed by atoms with Gasteiger partial charge in [-0.1, -0.05) is 0 Å². The van der Waals surface area contributed by atoms with Crippen molar-refractivity contribution in [1.29, 1.82) is 0 Å². The first kappa shape index (κ1) is 12.0. The largest absolute Gasteiger partial charge is 0.385 e. The molecule has 0 aromatic carbocycles. The van der Waals surface area contributed by atoms with Gasteiger partial charge in [0, 0.05) is 37.7 Å². The fraction of sp³-hybridized carbons (Fsp3) is 0.455. The van der Waals surface area contributed by atoms with Gasteiger partial charge in [-0.25, -0.2) is 4.52 Å². The molecular weight excluding hydrogens is 218 g/mol. The number of methoxy groups -OCH3 is 1. The van der Waals surface area contributed by atoms with Crippen LogP contribution in [-0.4, -0.2) is 28.3 Å². The first-order chi connectivity index (χ1) is 8.36. The summed E-state index contributed by atoms with van der Waals surface area (Å²) in [7, 11) is 1.70. The summed E-state index contributed by atoms with van der Waals surface area (Å²) in [4.78, 5) is 4.10. The molecule has 0 aliphatic rings. The van der Waals surface area contributed by atoms with E-state index in [0.717, 1.165) is 30.5 Å². The van der Waals surface area contributed by atoms with Crippen molar-refractivity contribution in [1.82, 2.24) is 20.0 Å². The van der Waals surface area contributed by atoms with E-state index in [2.05, 4.69) is 15.5 Å². The smallest absolute Gasteiger partial charge is 0.0893 e. The summed E-state index contributed by atoms with van der Waals surface area (Å²) in [6.45, 7) is 0.732. The van der Waals surface area contributed by atoms with Crippen molar-refractivity contribution in [3.8, 4) is 0 Å². The van der Waals surface area contributed by atoms with Gasteiger partial charge in [-0.15, -0.1) is 0 Å². The van der Waals surface area contributed by atoms with Crippen molar-refractivity contribution in [2.24, 2.45) is 5.84 Å². The third-order valence-corrected chi connectivity index (χ3v) is 2.77. The molecule has 0 radical (unpaired) electrons. The number of nitrogens with zero attached hydrogens (tertiary/aromatic N) is 3. The Labute approximate surface area is 99.8 Å². The Morgan fingerprint density at radius 2 is 2.41 bits per heavy atom. The second-order valence-corrected chi connectivity index (χ2v) is 3.86. The predicted molar refractivity (Wildman–Crippen MR) is 64.2 cm³/mol. The summed E-state index contributed by atoms with van der Waals surface area (Å²) in [5, 5.41) is 4.27. The minimum atomic E-state index is 0.0758. The van der Waals surface area contributed by atoms with Crippen molar-refractivity contribution in [2.45, 2.75) is 18.9 Å². The quantitative estimate of drug-likeness (QED) is 0.437. The Bertz CT molecular complexity index is 470. The second-order valence-electron chi connectivity index (χ2n) is 3.86. The summed E-state index contributed by atoms with van der Waals surface area (Å²) >= 11 is 0. The van der Waals surface area contributed by atoms with Gasteiger partial charge in [0.05, 0.1) is 17.9 Å². The lowest BCUT2D eigenvalue weighted by atomic mass is 10.1. The minimum Gasteiger partial charge on any atom is -0.385 e. The number of ether oxygens (including phenoxy) is 1. The van der Waals surface area contributed by atoms with Gasteiger partial charge in [0.15, 0.2) is 0 Å². The molecule has 6 nitrogen and oxygen atoms in total. The summed E-state index contributed by atoms with van der Waals surface area (Å²) in [5.41, 5.74) is 4.86. The van der Waals surface area contributed by atoms with Crippen molar-refractivity contribution < 1.29 is 4.74 Å². The molecule has 0 fully saturated rings. The van der Waals surface area contributed by atoms with Gasteiger partial charge in [-0.3, -0.25) is 16.3 Å². The molecule has 92 valence electrons. The molecule has 0 amide bonds. The Kier molecular flexibility index (Phi) is 4.03. The average Bonchev–Trinajstić information content (AvgIpc) is 2.79. The molecule has 17 heavy (non-hydrogen) atoms. The molecule has 6 heteroatoms. The number of hydrazine groups is 1. The molecule has 2 rings (SSSR count). The maximum Gasteiger partial charge on any atom is 0.0893 e. The van der Waals surface area contributed by atoms with Gasteiger partial charge in [0.1, 0.15) is 0 Å². The highest BCUT2D eigenvalue weighted by molar-refractivity contribution is 5.53. The molecule has 2 aromatic heterocycles. The molecule has 2 aromatic rings. The fourth-order valence-corrected chi connectivity index (χ4v) is 1.88. The van der Waals surface area contributed by atoms with E-state index in [-0.39, 0.29) is 6.04 Å². The zero-order chi connectivity index (χ0) is 12.1. The van der Waals surface area contributed by atoms with Crippen LogP contribution >= 0.6 is 0 Å². The Morgan fingerprint density at radius 3 is 3.18 bits per heavy atom. The van der Waals surface area contributed by atoms with Crippen LogP contribution in [0.25, 0.3) is 5.52 Å². The van der Waals surface area contributed by atoms with E-state index >= 15 is 0 Å². The molecule has 0 spiro atoms. The average molecular weight is 235 g/mol. The Morgan fingerprint density at radius 1 is 1.53 bits per heavy atom. The van der Waals surface area contributed by atoms with E-state index < -0.39 is 0 Å². The normalized spacial score (nSPS) is 13.1. The summed E-state index contributed by atoms with van der Waals surface area (Å²) in [5.74, 6) is 5.59. The van der Waals surface area contributed by atoms with E-state index in [1.807, 2.05) is 12.4 Å². The van der Waals surface area contributed by atoms with E-state index in [1.165, 1.54) is 0 Å². The minimum absolute atomic E-state index is 0.0758. The first-order valence-electron chi connectivity index (χ1n) is 5.59. The van der Waals surface area contributed by atoms with Crippen molar-refractivity contribution in [3.05, 3.63) is 30.4 Å². The lowest BCUT2D eigenvalue weighted by Gasteiger charge is -2.14. The van der Waals surface area contributed by atoms with Crippen LogP contribution in [-0.2, 0) is 4.74 Å². The van der Waals surface area contributed by atoms with E-state index in [1.54, 1.807) is 24.0 Å². The molecule has 0 saturated heterocycles. The first-order valence-corrected chi connectivity index (χ1v) is 5.59. The van der Waals surface area contributed by atoms with Gasteiger partial charge in [0.25, 0.3) is 0 Å². The number of rotatable bonds is 6. The van der Waals surface area contributed by atoms with Crippen molar-refractivity contribution >= 4 is 5.52 Å². The molecule has 0 bridgehead atoms. The maximum absolute atomic E-state index is 5.59. The monoisotopic (exact) mass is 235 g/mol. The third kappa shape index (κ3) is 2.60. The number of hydrogen-bond acceptors (Lipinski definition) is 5. The zero-order valence-corrected chi connectivity index (χ0v) is 9.84. The number of hydrogen-bond donors (Lipinski definition) is 2. The molecule has 0 aliphatic carbocycles. The van der Waals surface area contributed by atoms with Crippen molar-refractivity contribution in [2.75, 3.05) is 13.7 Å². The second kappa shape index (κ2) is 5.72. The highest BCUT2D eigenvalue weighted by Gasteiger charge is 2.14. The van der Waals surface area contributed by atoms with Crippen LogP contribution in [0.1, 0.15) is 24.4 Å². The molecule has 0 saturated carbocycles. The maximum atomic E-state index is 5.59. The molecule has 1 unspecified atom stereocenters. The van der Waals surface area contributed by atoms with E-state index in [0.29, 0.717) is 0 Å².